The van der Waals surface area contributed by atoms with Gasteiger partial charge in [0.2, 0.25) is 10.0 Å². The molecule has 5 nitrogen and oxygen atoms in total. The zero-order chi connectivity index (χ0) is 19.8. The quantitative estimate of drug-likeness (QED) is 0.746. The summed E-state index contributed by atoms with van der Waals surface area (Å²) in [5.41, 5.74) is 2.31. The number of rotatable bonds is 3. The Kier molecular flexibility index (Phi) is 4.74. The third-order valence-corrected chi connectivity index (χ3v) is 4.97. The largest absolute Gasteiger partial charge is 0.256 e. The van der Waals surface area contributed by atoms with Crippen molar-refractivity contribution in [2.45, 2.75) is 11.8 Å². The van der Waals surface area contributed by atoms with Crippen LogP contribution in [0.5, 0.6) is 0 Å². The number of hydrogen-bond donors (Lipinski definition) is 1. The number of nitrogens with zero attached hydrogens (tertiary/aromatic N) is 2. The molecule has 0 aliphatic rings. The molecule has 0 atom stereocenters. The maximum atomic E-state index is 14.6. The van der Waals surface area contributed by atoms with Crippen molar-refractivity contribution in [2.75, 3.05) is 0 Å². The molecule has 0 saturated heterocycles. The Balaban J connectivity index is 2.23. The molecule has 0 fully saturated rings. The van der Waals surface area contributed by atoms with Crippen molar-refractivity contribution < 1.29 is 17.2 Å². The van der Waals surface area contributed by atoms with Gasteiger partial charge < -0.3 is 0 Å². The summed E-state index contributed by atoms with van der Waals surface area (Å²) >= 11 is 0. The van der Waals surface area contributed by atoms with E-state index in [1.165, 1.54) is 6.20 Å². The molecule has 0 amide bonds. The highest BCUT2D eigenvalue weighted by Gasteiger charge is 2.21. The fourth-order valence-corrected chi connectivity index (χ4v) is 3.34. The van der Waals surface area contributed by atoms with Crippen molar-refractivity contribution in [3.05, 3.63) is 71.4 Å². The van der Waals surface area contributed by atoms with Gasteiger partial charge in [-0.3, -0.25) is 4.98 Å². The van der Waals surface area contributed by atoms with E-state index in [-0.39, 0.29) is 11.1 Å². The van der Waals surface area contributed by atoms with E-state index in [9.17, 15) is 17.2 Å². The van der Waals surface area contributed by atoms with Gasteiger partial charge in [0.1, 0.15) is 16.5 Å². The maximum absolute atomic E-state index is 14.6. The van der Waals surface area contributed by atoms with E-state index in [2.05, 4.69) is 11.1 Å². The van der Waals surface area contributed by atoms with Crippen LogP contribution >= 0.6 is 0 Å². The van der Waals surface area contributed by atoms with Crippen LogP contribution in [0.15, 0.2) is 53.6 Å². The summed E-state index contributed by atoms with van der Waals surface area (Å²) in [5.74, 6) is -2.10. The van der Waals surface area contributed by atoms with E-state index in [1.54, 1.807) is 37.3 Å². The summed E-state index contributed by atoms with van der Waals surface area (Å²) in [5, 5.41) is 14.0. The number of nitriles is 1. The van der Waals surface area contributed by atoms with Gasteiger partial charge in [-0.05, 0) is 42.8 Å². The third kappa shape index (κ3) is 3.56. The highest BCUT2D eigenvalue weighted by atomic mass is 32.2. The summed E-state index contributed by atoms with van der Waals surface area (Å²) in [6.07, 6.45) is 1.50. The predicted octanol–water partition coefficient (Wildman–Crippen LogP) is 3.52. The van der Waals surface area contributed by atoms with E-state index in [0.29, 0.717) is 28.5 Å². The van der Waals surface area contributed by atoms with Gasteiger partial charge in [0, 0.05) is 22.9 Å². The number of hydrogen-bond acceptors (Lipinski definition) is 4. The average Bonchev–Trinajstić information content (AvgIpc) is 2.62. The molecular weight excluding hydrogens is 372 g/mol. The molecule has 8 heteroatoms. The van der Waals surface area contributed by atoms with Crippen molar-refractivity contribution in [3.8, 4) is 28.5 Å². The van der Waals surface area contributed by atoms with E-state index in [1.807, 2.05) is 0 Å². The minimum absolute atomic E-state index is 0.148. The minimum atomic E-state index is -4.39. The summed E-state index contributed by atoms with van der Waals surface area (Å²) < 4.78 is 51.6. The van der Waals surface area contributed by atoms with Crippen molar-refractivity contribution >= 4 is 10.0 Å². The second-order valence-electron chi connectivity index (χ2n) is 5.85. The monoisotopic (exact) mass is 385 g/mol. The zero-order valence-corrected chi connectivity index (χ0v) is 14.9. The van der Waals surface area contributed by atoms with Crippen LogP contribution in [-0.4, -0.2) is 13.4 Å². The standard InChI is InChI=1S/C19H13F2N3O2S/c1-11-7-12(4-5-13(11)10-22)19-14(3-2-6-24-19)15-8-17(21)18(9-16(15)20)27(23,25)26/h2-9H,1H3,(H2,23,25,26). The fourth-order valence-electron chi connectivity index (χ4n) is 2.74. The lowest BCUT2D eigenvalue weighted by Gasteiger charge is -2.12. The van der Waals surface area contributed by atoms with Crippen LogP contribution in [0, 0.1) is 29.9 Å². The second kappa shape index (κ2) is 6.87. The lowest BCUT2D eigenvalue weighted by Crippen LogP contribution is -2.14. The van der Waals surface area contributed by atoms with Gasteiger partial charge in [0.05, 0.1) is 17.3 Å². The van der Waals surface area contributed by atoms with Gasteiger partial charge in [-0.1, -0.05) is 12.1 Å². The molecule has 0 unspecified atom stereocenters. The summed E-state index contributed by atoms with van der Waals surface area (Å²) in [6, 6.07) is 11.5. The molecule has 136 valence electrons. The van der Waals surface area contributed by atoms with Crippen LogP contribution in [0.1, 0.15) is 11.1 Å². The Hall–Kier alpha value is -3.15. The van der Waals surface area contributed by atoms with Crippen LogP contribution in [0.25, 0.3) is 22.4 Å². The summed E-state index contributed by atoms with van der Waals surface area (Å²) in [6.45, 7) is 1.76. The van der Waals surface area contributed by atoms with Gasteiger partial charge in [-0.25, -0.2) is 22.3 Å². The van der Waals surface area contributed by atoms with Gasteiger partial charge in [-0.2, -0.15) is 5.26 Å². The number of sulfonamides is 1. The Morgan fingerprint density at radius 2 is 1.81 bits per heavy atom. The maximum Gasteiger partial charge on any atom is 0.241 e. The molecule has 3 rings (SSSR count). The molecule has 1 aromatic heterocycles. The smallest absolute Gasteiger partial charge is 0.241 e. The first-order chi connectivity index (χ1) is 12.7. The number of nitrogens with two attached hydrogens (primary N) is 1. The topological polar surface area (TPSA) is 96.8 Å². The lowest BCUT2D eigenvalue weighted by molar-refractivity contribution is 0.555. The van der Waals surface area contributed by atoms with E-state index >= 15 is 0 Å². The number of halogens is 2. The molecule has 27 heavy (non-hydrogen) atoms. The molecule has 0 saturated carbocycles. The fraction of sp³-hybridized carbons (Fsp3) is 0.0526. The molecule has 1 heterocycles. The van der Waals surface area contributed by atoms with Gasteiger partial charge in [0.15, 0.2) is 0 Å². The first kappa shape index (κ1) is 18.6. The van der Waals surface area contributed by atoms with Crippen LogP contribution in [0.2, 0.25) is 0 Å². The van der Waals surface area contributed by atoms with Crippen molar-refractivity contribution in [1.29, 1.82) is 5.26 Å². The molecule has 2 aromatic carbocycles. The molecular formula is C19H13F2N3O2S. The Bertz CT molecular complexity index is 1200. The summed E-state index contributed by atoms with van der Waals surface area (Å²) in [7, 11) is -4.39. The Morgan fingerprint density at radius 3 is 2.44 bits per heavy atom. The van der Waals surface area contributed by atoms with Crippen molar-refractivity contribution in [3.63, 3.8) is 0 Å². The van der Waals surface area contributed by atoms with Gasteiger partial charge in [0.25, 0.3) is 0 Å². The number of benzene rings is 2. The van der Waals surface area contributed by atoms with Crippen LogP contribution in [-0.2, 0) is 10.0 Å². The highest BCUT2D eigenvalue weighted by molar-refractivity contribution is 7.89. The molecule has 0 bridgehead atoms. The first-order valence-electron chi connectivity index (χ1n) is 7.70. The van der Waals surface area contributed by atoms with Crippen LogP contribution in [0.4, 0.5) is 8.78 Å². The highest BCUT2D eigenvalue weighted by Crippen LogP contribution is 2.34. The average molecular weight is 385 g/mol. The third-order valence-electron chi connectivity index (χ3n) is 4.05. The lowest BCUT2D eigenvalue weighted by atomic mass is 9.96. The second-order valence-corrected chi connectivity index (χ2v) is 7.38. The van der Waals surface area contributed by atoms with Crippen molar-refractivity contribution in [2.24, 2.45) is 5.14 Å². The number of aryl methyl sites for hydroxylation is 1. The van der Waals surface area contributed by atoms with Crippen LogP contribution in [0.3, 0.4) is 0 Å². The number of pyridine rings is 1. The SMILES string of the molecule is Cc1cc(-c2ncccc2-c2cc(F)c(S(N)(=O)=O)cc2F)ccc1C#N. The minimum Gasteiger partial charge on any atom is -0.256 e. The molecule has 0 aliphatic carbocycles. The molecule has 0 radical (unpaired) electrons. The van der Waals surface area contributed by atoms with Gasteiger partial charge >= 0.3 is 0 Å². The van der Waals surface area contributed by atoms with Gasteiger partial charge in [-0.15, -0.1) is 0 Å². The predicted molar refractivity (Wildman–Crippen MR) is 95.9 cm³/mol. The molecule has 2 N–H and O–H groups in total. The molecule has 0 spiro atoms. The first-order valence-corrected chi connectivity index (χ1v) is 9.25. The number of primary sulfonamides is 1. The number of aromatic nitrogens is 1. The van der Waals surface area contributed by atoms with Crippen molar-refractivity contribution in [1.82, 2.24) is 4.98 Å². The van der Waals surface area contributed by atoms with Crippen LogP contribution < -0.4 is 5.14 Å². The zero-order valence-electron chi connectivity index (χ0n) is 14.1. The van der Waals surface area contributed by atoms with E-state index < -0.39 is 26.6 Å². The van der Waals surface area contributed by atoms with E-state index in [4.69, 9.17) is 10.4 Å². The normalized spacial score (nSPS) is 11.2. The van der Waals surface area contributed by atoms with E-state index in [0.717, 1.165) is 6.07 Å². The Labute approximate surface area is 154 Å². The Morgan fingerprint density at radius 1 is 1.07 bits per heavy atom. The molecule has 3 aromatic rings. The molecule has 0 aliphatic heterocycles. The summed E-state index contributed by atoms with van der Waals surface area (Å²) in [4.78, 5) is 3.34.